The van der Waals surface area contributed by atoms with Gasteiger partial charge in [-0.1, -0.05) is 26.0 Å². The van der Waals surface area contributed by atoms with Gasteiger partial charge in [-0.05, 0) is 37.0 Å². The zero-order chi connectivity index (χ0) is 16.7. The van der Waals surface area contributed by atoms with Crippen LogP contribution in [-0.4, -0.2) is 30.2 Å². The van der Waals surface area contributed by atoms with Crippen LogP contribution in [0, 0.1) is 12.8 Å². The summed E-state index contributed by atoms with van der Waals surface area (Å²) in [6, 6.07) is 10.1. The second kappa shape index (κ2) is 8.36. The van der Waals surface area contributed by atoms with Crippen LogP contribution in [0.1, 0.15) is 25.2 Å². The molecule has 0 saturated carbocycles. The number of aromatic nitrogens is 2. The van der Waals surface area contributed by atoms with Gasteiger partial charge in [0, 0.05) is 19.2 Å². The van der Waals surface area contributed by atoms with E-state index in [1.165, 1.54) is 5.56 Å². The summed E-state index contributed by atoms with van der Waals surface area (Å²) in [5.41, 5.74) is 1.24. The van der Waals surface area contributed by atoms with E-state index in [1.807, 2.05) is 25.1 Å². The minimum atomic E-state index is 0.578. The van der Waals surface area contributed by atoms with Crippen molar-refractivity contribution >= 4 is 11.6 Å². The molecule has 0 spiro atoms. The topological polar surface area (TPSA) is 59.1 Å². The highest BCUT2D eigenvalue weighted by Crippen LogP contribution is 2.14. The molecule has 1 aromatic heterocycles. The van der Waals surface area contributed by atoms with Gasteiger partial charge in [-0.2, -0.15) is 0 Å². The van der Waals surface area contributed by atoms with Crippen LogP contribution in [0.3, 0.4) is 0 Å². The Bertz CT molecular complexity index is 628. The van der Waals surface area contributed by atoms with Crippen LogP contribution in [0.2, 0.25) is 0 Å². The number of hydrogen-bond acceptors (Lipinski definition) is 5. The fourth-order valence-corrected chi connectivity index (χ4v) is 2.22. The molecule has 1 heterocycles. The predicted octanol–water partition coefficient (Wildman–Crippen LogP) is 3.52. The van der Waals surface area contributed by atoms with Gasteiger partial charge in [0.15, 0.2) is 0 Å². The summed E-state index contributed by atoms with van der Waals surface area (Å²) in [4.78, 5) is 8.85. The van der Waals surface area contributed by atoms with Crippen molar-refractivity contribution in [2.75, 3.05) is 30.8 Å². The van der Waals surface area contributed by atoms with Gasteiger partial charge in [0.05, 0.1) is 7.11 Å². The first-order chi connectivity index (χ1) is 11.1. The second-order valence-corrected chi connectivity index (χ2v) is 5.99. The molecule has 0 aliphatic heterocycles. The van der Waals surface area contributed by atoms with Gasteiger partial charge in [0.2, 0.25) is 0 Å². The molecule has 0 unspecified atom stereocenters. The maximum absolute atomic E-state index is 5.25. The first-order valence-corrected chi connectivity index (χ1v) is 8.03. The van der Waals surface area contributed by atoms with Crippen molar-refractivity contribution in [2.45, 2.75) is 27.2 Å². The molecule has 23 heavy (non-hydrogen) atoms. The molecular weight excluding hydrogens is 288 g/mol. The highest BCUT2D eigenvalue weighted by atomic mass is 16.5. The quantitative estimate of drug-likeness (QED) is 0.781. The molecule has 5 heteroatoms. The van der Waals surface area contributed by atoms with Crippen LogP contribution >= 0.6 is 0 Å². The summed E-state index contributed by atoms with van der Waals surface area (Å²) in [7, 11) is 1.69. The normalized spacial score (nSPS) is 10.7. The fraction of sp³-hybridized carbons (Fsp3) is 0.444. The van der Waals surface area contributed by atoms with E-state index < -0.39 is 0 Å². The third-order valence-electron chi connectivity index (χ3n) is 3.38. The lowest BCUT2D eigenvalue weighted by Gasteiger charge is -2.11. The molecular formula is C18H26N4O. The molecule has 0 fully saturated rings. The molecule has 2 aromatic rings. The summed E-state index contributed by atoms with van der Waals surface area (Å²) in [6.07, 6.45) is 0.912. The van der Waals surface area contributed by atoms with Crippen molar-refractivity contribution in [2.24, 2.45) is 5.92 Å². The number of aryl methyl sites for hydroxylation is 1. The number of methoxy groups -OCH3 is 1. The Balaban J connectivity index is 1.91. The number of hydrogen-bond donors (Lipinski definition) is 2. The van der Waals surface area contributed by atoms with E-state index in [9.17, 15) is 0 Å². The lowest BCUT2D eigenvalue weighted by atomic mass is 10.1. The fourth-order valence-electron chi connectivity index (χ4n) is 2.22. The molecule has 0 aliphatic rings. The van der Waals surface area contributed by atoms with E-state index in [1.54, 1.807) is 7.11 Å². The van der Waals surface area contributed by atoms with Gasteiger partial charge < -0.3 is 15.4 Å². The van der Waals surface area contributed by atoms with Gasteiger partial charge in [-0.15, -0.1) is 0 Å². The summed E-state index contributed by atoms with van der Waals surface area (Å²) >= 11 is 0. The molecule has 2 rings (SSSR count). The summed E-state index contributed by atoms with van der Waals surface area (Å²) in [5.74, 6) is 3.96. The van der Waals surface area contributed by atoms with E-state index in [2.05, 4.69) is 46.6 Å². The Morgan fingerprint density at radius 2 is 1.83 bits per heavy atom. The standard InChI is InChI=1S/C18H26N4O/c1-13(2)12-20-18-11-17(21-14(3)22-18)19-9-8-15-6-5-7-16(10-15)23-4/h5-7,10-11,13H,8-9,12H2,1-4H3,(H2,19,20,21,22). The van der Waals surface area contributed by atoms with E-state index >= 15 is 0 Å². The minimum absolute atomic E-state index is 0.578. The zero-order valence-electron chi connectivity index (χ0n) is 14.4. The molecule has 0 aliphatic carbocycles. The lowest BCUT2D eigenvalue weighted by molar-refractivity contribution is 0.414. The van der Waals surface area contributed by atoms with Crippen molar-refractivity contribution in [3.05, 3.63) is 41.7 Å². The van der Waals surface area contributed by atoms with Crippen LogP contribution in [0.5, 0.6) is 5.75 Å². The van der Waals surface area contributed by atoms with Crippen LogP contribution in [-0.2, 0) is 6.42 Å². The Morgan fingerprint density at radius 3 is 2.52 bits per heavy atom. The molecule has 0 amide bonds. The van der Waals surface area contributed by atoms with E-state index in [4.69, 9.17) is 4.74 Å². The average molecular weight is 314 g/mol. The second-order valence-electron chi connectivity index (χ2n) is 5.99. The minimum Gasteiger partial charge on any atom is -0.497 e. The Kier molecular flexibility index (Phi) is 6.20. The third-order valence-corrected chi connectivity index (χ3v) is 3.38. The largest absolute Gasteiger partial charge is 0.497 e. The third kappa shape index (κ3) is 5.77. The van der Waals surface area contributed by atoms with Crippen LogP contribution in [0.15, 0.2) is 30.3 Å². The van der Waals surface area contributed by atoms with Crippen molar-refractivity contribution in [1.29, 1.82) is 0 Å². The molecule has 124 valence electrons. The molecule has 2 N–H and O–H groups in total. The van der Waals surface area contributed by atoms with Crippen molar-refractivity contribution in [3.63, 3.8) is 0 Å². The maximum atomic E-state index is 5.25. The van der Waals surface area contributed by atoms with Gasteiger partial charge >= 0.3 is 0 Å². The maximum Gasteiger partial charge on any atom is 0.131 e. The van der Waals surface area contributed by atoms with Crippen molar-refractivity contribution in [1.82, 2.24) is 9.97 Å². The summed E-state index contributed by atoms with van der Waals surface area (Å²) in [6.45, 7) is 7.98. The number of nitrogens with zero attached hydrogens (tertiary/aromatic N) is 2. The van der Waals surface area contributed by atoms with E-state index in [0.717, 1.165) is 42.7 Å². The summed E-state index contributed by atoms with van der Waals surface area (Å²) < 4.78 is 5.25. The highest BCUT2D eigenvalue weighted by molar-refractivity contribution is 5.47. The highest BCUT2D eigenvalue weighted by Gasteiger charge is 2.03. The monoisotopic (exact) mass is 314 g/mol. The van der Waals surface area contributed by atoms with Crippen LogP contribution in [0.25, 0.3) is 0 Å². The molecule has 0 radical (unpaired) electrons. The number of nitrogens with one attached hydrogen (secondary N) is 2. The Morgan fingerprint density at radius 1 is 1.09 bits per heavy atom. The molecule has 5 nitrogen and oxygen atoms in total. The van der Waals surface area contributed by atoms with E-state index in [0.29, 0.717) is 5.92 Å². The Labute approximate surface area is 138 Å². The molecule has 0 atom stereocenters. The number of ether oxygens (including phenoxy) is 1. The first-order valence-electron chi connectivity index (χ1n) is 8.03. The smallest absolute Gasteiger partial charge is 0.131 e. The van der Waals surface area contributed by atoms with Gasteiger partial charge in [-0.3, -0.25) is 0 Å². The van der Waals surface area contributed by atoms with Crippen LogP contribution in [0.4, 0.5) is 11.6 Å². The molecule has 1 aromatic carbocycles. The first kappa shape index (κ1) is 17.1. The molecule has 0 saturated heterocycles. The predicted molar refractivity (Wildman–Crippen MR) is 95.3 cm³/mol. The van der Waals surface area contributed by atoms with Gasteiger partial charge in [-0.25, -0.2) is 9.97 Å². The summed E-state index contributed by atoms with van der Waals surface area (Å²) in [5, 5.41) is 6.71. The van der Waals surface area contributed by atoms with Crippen molar-refractivity contribution in [3.8, 4) is 5.75 Å². The van der Waals surface area contributed by atoms with E-state index in [-0.39, 0.29) is 0 Å². The molecule has 0 bridgehead atoms. The van der Waals surface area contributed by atoms with Gasteiger partial charge in [0.1, 0.15) is 23.2 Å². The average Bonchev–Trinajstić information content (AvgIpc) is 2.53. The SMILES string of the molecule is COc1cccc(CCNc2cc(NCC(C)C)nc(C)n2)c1. The van der Waals surface area contributed by atoms with Crippen LogP contribution < -0.4 is 15.4 Å². The number of anilines is 2. The number of rotatable bonds is 8. The lowest BCUT2D eigenvalue weighted by Crippen LogP contribution is -2.12. The number of benzene rings is 1. The van der Waals surface area contributed by atoms with Gasteiger partial charge in [0.25, 0.3) is 0 Å². The van der Waals surface area contributed by atoms with Crippen molar-refractivity contribution < 1.29 is 4.74 Å². The Hall–Kier alpha value is -2.30. The zero-order valence-corrected chi connectivity index (χ0v) is 14.4.